The summed E-state index contributed by atoms with van der Waals surface area (Å²) in [6.07, 6.45) is 5.80. The largest absolute Gasteiger partial charge is 0.381 e. The SMILES string of the molecule is CCC(C)CC(C)Nc1ccncc1Cl. The number of aromatic nitrogens is 1. The van der Waals surface area contributed by atoms with Gasteiger partial charge in [-0.1, -0.05) is 31.9 Å². The lowest BCUT2D eigenvalue weighted by molar-refractivity contribution is 0.484. The van der Waals surface area contributed by atoms with E-state index in [4.69, 9.17) is 11.6 Å². The van der Waals surface area contributed by atoms with E-state index in [-0.39, 0.29) is 0 Å². The van der Waals surface area contributed by atoms with Crippen LogP contribution in [0.4, 0.5) is 5.69 Å². The molecule has 2 atom stereocenters. The van der Waals surface area contributed by atoms with E-state index in [2.05, 4.69) is 31.1 Å². The number of pyridine rings is 1. The molecule has 1 aromatic rings. The third kappa shape index (κ3) is 4.08. The molecule has 1 heterocycles. The average Bonchev–Trinajstić information content (AvgIpc) is 2.21. The number of nitrogens with zero attached hydrogens (tertiary/aromatic N) is 1. The van der Waals surface area contributed by atoms with Crippen molar-refractivity contribution in [3.63, 3.8) is 0 Å². The van der Waals surface area contributed by atoms with Crippen molar-refractivity contribution in [3.8, 4) is 0 Å². The van der Waals surface area contributed by atoms with E-state index in [1.54, 1.807) is 12.4 Å². The monoisotopic (exact) mass is 226 g/mol. The molecule has 2 nitrogen and oxygen atoms in total. The highest BCUT2D eigenvalue weighted by molar-refractivity contribution is 6.33. The van der Waals surface area contributed by atoms with Crippen molar-refractivity contribution in [2.24, 2.45) is 5.92 Å². The van der Waals surface area contributed by atoms with Gasteiger partial charge >= 0.3 is 0 Å². The normalized spacial score (nSPS) is 14.7. The Morgan fingerprint density at radius 1 is 1.47 bits per heavy atom. The maximum atomic E-state index is 6.01. The van der Waals surface area contributed by atoms with Crippen LogP contribution in [-0.4, -0.2) is 11.0 Å². The summed E-state index contributed by atoms with van der Waals surface area (Å²) < 4.78 is 0. The number of halogens is 1. The molecule has 84 valence electrons. The molecule has 0 saturated heterocycles. The zero-order chi connectivity index (χ0) is 11.3. The van der Waals surface area contributed by atoms with Gasteiger partial charge in [0.25, 0.3) is 0 Å². The minimum absolute atomic E-state index is 0.444. The van der Waals surface area contributed by atoms with Gasteiger partial charge in [0.2, 0.25) is 0 Å². The zero-order valence-electron chi connectivity index (χ0n) is 9.63. The maximum Gasteiger partial charge on any atom is 0.0820 e. The van der Waals surface area contributed by atoms with Crippen molar-refractivity contribution in [3.05, 3.63) is 23.5 Å². The van der Waals surface area contributed by atoms with Crippen molar-refractivity contribution < 1.29 is 0 Å². The number of hydrogen-bond acceptors (Lipinski definition) is 2. The molecule has 1 aromatic heterocycles. The Morgan fingerprint density at radius 2 is 2.20 bits per heavy atom. The molecule has 1 rings (SSSR count). The van der Waals surface area contributed by atoms with Gasteiger partial charge in [0.1, 0.15) is 0 Å². The van der Waals surface area contributed by atoms with Crippen LogP contribution in [0.2, 0.25) is 5.02 Å². The predicted octanol–water partition coefficient (Wildman–Crippen LogP) is 3.97. The molecule has 1 N–H and O–H groups in total. The average molecular weight is 227 g/mol. The van der Waals surface area contributed by atoms with E-state index < -0.39 is 0 Å². The number of rotatable bonds is 5. The van der Waals surface area contributed by atoms with Crippen LogP contribution < -0.4 is 5.32 Å². The van der Waals surface area contributed by atoms with Crippen molar-refractivity contribution in [1.29, 1.82) is 0 Å². The van der Waals surface area contributed by atoms with Crippen LogP contribution in [0.3, 0.4) is 0 Å². The van der Waals surface area contributed by atoms with Gasteiger partial charge in [-0.15, -0.1) is 0 Å². The van der Waals surface area contributed by atoms with Gasteiger partial charge in [-0.05, 0) is 25.3 Å². The molecular formula is C12H19ClN2. The minimum Gasteiger partial charge on any atom is -0.381 e. The second-order valence-electron chi connectivity index (χ2n) is 4.15. The van der Waals surface area contributed by atoms with E-state index in [0.717, 1.165) is 18.0 Å². The summed E-state index contributed by atoms with van der Waals surface area (Å²) >= 11 is 6.01. The predicted molar refractivity (Wildman–Crippen MR) is 66.4 cm³/mol. The first-order valence-corrected chi connectivity index (χ1v) is 5.87. The maximum absolute atomic E-state index is 6.01. The van der Waals surface area contributed by atoms with Crippen molar-refractivity contribution in [2.45, 2.75) is 39.7 Å². The lowest BCUT2D eigenvalue weighted by atomic mass is 10.0. The van der Waals surface area contributed by atoms with Gasteiger partial charge in [-0.3, -0.25) is 4.98 Å². The molecule has 0 spiro atoms. The van der Waals surface area contributed by atoms with Gasteiger partial charge < -0.3 is 5.32 Å². The van der Waals surface area contributed by atoms with Crippen LogP contribution in [0, 0.1) is 5.92 Å². The highest BCUT2D eigenvalue weighted by Crippen LogP contribution is 2.21. The summed E-state index contributed by atoms with van der Waals surface area (Å²) in [4.78, 5) is 3.96. The summed E-state index contributed by atoms with van der Waals surface area (Å²) in [6.45, 7) is 6.67. The summed E-state index contributed by atoms with van der Waals surface area (Å²) in [5.74, 6) is 0.744. The molecule has 0 aromatic carbocycles. The zero-order valence-corrected chi connectivity index (χ0v) is 10.4. The third-order valence-electron chi connectivity index (χ3n) is 2.63. The molecule has 0 aliphatic carbocycles. The summed E-state index contributed by atoms with van der Waals surface area (Å²) in [5, 5.41) is 4.09. The lowest BCUT2D eigenvalue weighted by Crippen LogP contribution is -2.18. The Hall–Kier alpha value is -0.760. The molecule has 3 heteroatoms. The van der Waals surface area contributed by atoms with Crippen LogP contribution in [0.5, 0.6) is 0 Å². The fourth-order valence-electron chi connectivity index (χ4n) is 1.59. The molecule has 0 aliphatic rings. The smallest absolute Gasteiger partial charge is 0.0820 e. The Bertz CT molecular complexity index is 301. The molecular weight excluding hydrogens is 208 g/mol. The second kappa shape index (κ2) is 5.96. The van der Waals surface area contributed by atoms with Gasteiger partial charge in [-0.25, -0.2) is 0 Å². The first-order chi connectivity index (χ1) is 7.13. The molecule has 0 fully saturated rings. The molecule has 2 unspecified atom stereocenters. The quantitative estimate of drug-likeness (QED) is 0.822. The van der Waals surface area contributed by atoms with E-state index in [1.807, 2.05) is 6.07 Å². The van der Waals surface area contributed by atoms with Crippen molar-refractivity contribution in [1.82, 2.24) is 4.98 Å². The first-order valence-electron chi connectivity index (χ1n) is 5.49. The van der Waals surface area contributed by atoms with E-state index >= 15 is 0 Å². The number of anilines is 1. The fraction of sp³-hybridized carbons (Fsp3) is 0.583. The van der Waals surface area contributed by atoms with Gasteiger partial charge in [0, 0.05) is 18.4 Å². The Kier molecular flexibility index (Phi) is 4.89. The first kappa shape index (κ1) is 12.3. The second-order valence-corrected chi connectivity index (χ2v) is 4.56. The van der Waals surface area contributed by atoms with E-state index in [0.29, 0.717) is 11.1 Å². The van der Waals surface area contributed by atoms with Crippen LogP contribution in [-0.2, 0) is 0 Å². The molecule has 0 radical (unpaired) electrons. The van der Waals surface area contributed by atoms with Crippen molar-refractivity contribution >= 4 is 17.3 Å². The fourth-order valence-corrected chi connectivity index (χ4v) is 1.76. The Balaban J connectivity index is 2.51. The van der Waals surface area contributed by atoms with Crippen LogP contribution in [0.15, 0.2) is 18.5 Å². The van der Waals surface area contributed by atoms with E-state index in [9.17, 15) is 0 Å². The van der Waals surface area contributed by atoms with Crippen LogP contribution in [0.1, 0.15) is 33.6 Å². The third-order valence-corrected chi connectivity index (χ3v) is 2.93. The topological polar surface area (TPSA) is 24.9 Å². The summed E-state index contributed by atoms with van der Waals surface area (Å²) in [7, 11) is 0. The molecule has 0 amide bonds. The van der Waals surface area contributed by atoms with Crippen LogP contribution >= 0.6 is 11.6 Å². The Morgan fingerprint density at radius 3 is 2.80 bits per heavy atom. The number of hydrogen-bond donors (Lipinski definition) is 1. The van der Waals surface area contributed by atoms with Gasteiger partial charge in [0.15, 0.2) is 0 Å². The van der Waals surface area contributed by atoms with Crippen LogP contribution in [0.25, 0.3) is 0 Å². The Labute approximate surface area is 97.1 Å². The van der Waals surface area contributed by atoms with Gasteiger partial charge in [0.05, 0.1) is 10.7 Å². The molecule has 0 bridgehead atoms. The molecule has 0 saturated carbocycles. The highest BCUT2D eigenvalue weighted by atomic mass is 35.5. The highest BCUT2D eigenvalue weighted by Gasteiger charge is 2.08. The summed E-state index contributed by atoms with van der Waals surface area (Å²) in [5.41, 5.74) is 0.975. The standard InChI is InChI=1S/C12H19ClN2/c1-4-9(2)7-10(3)15-12-5-6-14-8-11(12)13/h5-6,8-10H,4,7H2,1-3H3,(H,14,15). The van der Waals surface area contributed by atoms with E-state index in [1.165, 1.54) is 6.42 Å². The molecule has 15 heavy (non-hydrogen) atoms. The van der Waals surface area contributed by atoms with Gasteiger partial charge in [-0.2, -0.15) is 0 Å². The van der Waals surface area contributed by atoms with Crippen molar-refractivity contribution in [2.75, 3.05) is 5.32 Å². The molecule has 0 aliphatic heterocycles. The minimum atomic E-state index is 0.444. The number of nitrogens with one attached hydrogen (secondary N) is 1. The lowest BCUT2D eigenvalue weighted by Gasteiger charge is -2.19. The summed E-state index contributed by atoms with van der Waals surface area (Å²) in [6, 6.07) is 2.36.